The van der Waals surface area contributed by atoms with Gasteiger partial charge in [-0.05, 0) is 48.7 Å². The third-order valence-electron chi connectivity index (χ3n) is 4.93. The fraction of sp³-hybridized carbons (Fsp3) is 0.238. The second-order valence-electron chi connectivity index (χ2n) is 6.89. The van der Waals surface area contributed by atoms with Crippen LogP contribution in [0.15, 0.2) is 36.4 Å². The van der Waals surface area contributed by atoms with Gasteiger partial charge in [-0.2, -0.15) is 0 Å². The quantitative estimate of drug-likeness (QED) is 0.701. The predicted molar refractivity (Wildman–Crippen MR) is 109 cm³/mol. The highest BCUT2D eigenvalue weighted by molar-refractivity contribution is 7.16. The highest BCUT2D eigenvalue weighted by atomic mass is 32.1. The van der Waals surface area contributed by atoms with Crippen molar-refractivity contribution in [2.24, 2.45) is 0 Å². The lowest BCUT2D eigenvalue weighted by Gasteiger charge is -2.04. The first-order valence-corrected chi connectivity index (χ1v) is 10.0. The summed E-state index contributed by atoms with van der Waals surface area (Å²) < 4.78 is 10.7. The van der Waals surface area contributed by atoms with Crippen molar-refractivity contribution in [3.05, 3.63) is 52.4 Å². The topological polar surface area (TPSA) is 72.5 Å². The predicted octanol–water partition coefficient (Wildman–Crippen LogP) is 4.00. The smallest absolute Gasteiger partial charge is 0.231 e. The number of hydrogen-bond donors (Lipinski definition) is 2. The first-order valence-electron chi connectivity index (χ1n) is 9.19. The van der Waals surface area contributed by atoms with Gasteiger partial charge in [0.2, 0.25) is 12.7 Å². The van der Waals surface area contributed by atoms with Crippen molar-refractivity contribution in [1.29, 1.82) is 0 Å². The van der Waals surface area contributed by atoms with Crippen LogP contribution < -0.4 is 20.1 Å². The van der Waals surface area contributed by atoms with Crippen LogP contribution in [-0.4, -0.2) is 24.2 Å². The van der Waals surface area contributed by atoms with E-state index in [1.54, 1.807) is 0 Å². The van der Waals surface area contributed by atoms with Crippen LogP contribution in [0.3, 0.4) is 0 Å². The lowest BCUT2D eigenvalue weighted by molar-refractivity contribution is -0.115. The molecule has 0 bridgehead atoms. The molecule has 0 aliphatic carbocycles. The molecule has 2 aromatic carbocycles. The Balaban J connectivity index is 1.31. The number of carbonyl (C=O) groups is 1. The van der Waals surface area contributed by atoms with Crippen molar-refractivity contribution in [1.82, 2.24) is 4.98 Å². The zero-order valence-electron chi connectivity index (χ0n) is 15.4. The van der Waals surface area contributed by atoms with Gasteiger partial charge in [0.1, 0.15) is 0 Å². The van der Waals surface area contributed by atoms with Crippen molar-refractivity contribution in [2.75, 3.05) is 24.0 Å². The largest absolute Gasteiger partial charge is 0.454 e. The van der Waals surface area contributed by atoms with Gasteiger partial charge < -0.3 is 20.1 Å². The summed E-state index contributed by atoms with van der Waals surface area (Å²) in [7, 11) is 0. The second kappa shape index (κ2) is 6.83. The number of rotatable bonds is 4. The van der Waals surface area contributed by atoms with Crippen LogP contribution in [-0.2, 0) is 17.6 Å². The number of nitrogens with zero attached hydrogens (tertiary/aromatic N) is 1. The Labute approximate surface area is 166 Å². The molecule has 28 heavy (non-hydrogen) atoms. The molecule has 0 fully saturated rings. The summed E-state index contributed by atoms with van der Waals surface area (Å²) >= 11 is 1.50. The minimum absolute atomic E-state index is 0.0997. The van der Waals surface area contributed by atoms with E-state index in [0.717, 1.165) is 34.7 Å². The summed E-state index contributed by atoms with van der Waals surface area (Å²) in [6, 6.07) is 11.9. The maximum atomic E-state index is 12.5. The Morgan fingerprint density at radius 1 is 1.21 bits per heavy atom. The molecule has 2 N–H and O–H groups in total. The molecule has 7 heteroatoms. The van der Waals surface area contributed by atoms with Gasteiger partial charge in [-0.25, -0.2) is 4.98 Å². The van der Waals surface area contributed by atoms with Crippen molar-refractivity contribution in [2.45, 2.75) is 19.8 Å². The maximum absolute atomic E-state index is 12.5. The van der Waals surface area contributed by atoms with E-state index < -0.39 is 0 Å². The minimum atomic E-state index is -0.0997. The van der Waals surface area contributed by atoms with E-state index in [0.29, 0.717) is 16.6 Å². The van der Waals surface area contributed by atoms with Gasteiger partial charge in [0, 0.05) is 22.7 Å². The van der Waals surface area contributed by atoms with Crippen molar-refractivity contribution < 1.29 is 14.3 Å². The molecule has 0 spiro atoms. The zero-order valence-corrected chi connectivity index (χ0v) is 16.2. The molecule has 2 aliphatic heterocycles. The molecule has 3 heterocycles. The summed E-state index contributed by atoms with van der Waals surface area (Å²) in [5.41, 5.74) is 5.42. The number of amides is 1. The van der Waals surface area contributed by atoms with E-state index in [4.69, 9.17) is 9.47 Å². The number of anilines is 2. The van der Waals surface area contributed by atoms with E-state index in [2.05, 4.69) is 33.8 Å². The Morgan fingerprint density at radius 2 is 2.11 bits per heavy atom. The van der Waals surface area contributed by atoms with Gasteiger partial charge in [0.05, 0.1) is 12.1 Å². The lowest BCUT2D eigenvalue weighted by Crippen LogP contribution is -2.14. The second-order valence-corrected chi connectivity index (χ2v) is 8.09. The number of benzene rings is 2. The standard InChI is InChI=1S/C21H19N3O3S/c1-12-20(15-3-4-16-14(10-15)6-7-22-16)24-21(28-12)23-19(25)9-13-2-5-17-18(8-13)27-11-26-17/h2-5,8,10,22H,6-7,9,11H2,1H3,(H,23,24,25). The molecule has 1 aromatic heterocycles. The summed E-state index contributed by atoms with van der Waals surface area (Å²) in [6.45, 7) is 3.24. The van der Waals surface area contributed by atoms with E-state index >= 15 is 0 Å². The van der Waals surface area contributed by atoms with E-state index in [-0.39, 0.29) is 19.1 Å². The minimum Gasteiger partial charge on any atom is -0.454 e. The number of carbonyl (C=O) groups excluding carboxylic acids is 1. The summed E-state index contributed by atoms with van der Waals surface area (Å²) in [5, 5.41) is 6.92. The van der Waals surface area contributed by atoms with Gasteiger partial charge in [0.15, 0.2) is 16.6 Å². The summed E-state index contributed by atoms with van der Waals surface area (Å²) in [5.74, 6) is 1.30. The molecule has 0 saturated carbocycles. The lowest BCUT2D eigenvalue weighted by atomic mass is 10.1. The highest BCUT2D eigenvalue weighted by Crippen LogP contribution is 2.34. The third kappa shape index (κ3) is 3.18. The average Bonchev–Trinajstić information content (AvgIpc) is 3.40. The number of nitrogens with one attached hydrogen (secondary N) is 2. The van der Waals surface area contributed by atoms with E-state index in [9.17, 15) is 4.79 Å². The van der Waals surface area contributed by atoms with Crippen LogP contribution >= 0.6 is 11.3 Å². The van der Waals surface area contributed by atoms with Gasteiger partial charge in [-0.1, -0.05) is 12.1 Å². The molecule has 0 saturated heterocycles. The van der Waals surface area contributed by atoms with Crippen LogP contribution in [0.4, 0.5) is 10.8 Å². The summed E-state index contributed by atoms with van der Waals surface area (Å²) in [4.78, 5) is 18.2. The van der Waals surface area contributed by atoms with Gasteiger partial charge in [-0.15, -0.1) is 11.3 Å². The van der Waals surface area contributed by atoms with Crippen LogP contribution in [0.1, 0.15) is 16.0 Å². The molecule has 142 valence electrons. The monoisotopic (exact) mass is 393 g/mol. The molecule has 3 aromatic rings. The summed E-state index contributed by atoms with van der Waals surface area (Å²) in [6.07, 6.45) is 1.29. The number of aryl methyl sites for hydroxylation is 1. The number of aromatic nitrogens is 1. The fourth-order valence-corrected chi connectivity index (χ4v) is 4.42. The van der Waals surface area contributed by atoms with Gasteiger partial charge >= 0.3 is 0 Å². The van der Waals surface area contributed by atoms with Crippen molar-refractivity contribution in [3.63, 3.8) is 0 Å². The Hall–Kier alpha value is -3.06. The average molecular weight is 393 g/mol. The number of fused-ring (bicyclic) bond motifs is 2. The van der Waals surface area contributed by atoms with Crippen molar-refractivity contribution in [3.8, 4) is 22.8 Å². The molecule has 0 atom stereocenters. The van der Waals surface area contributed by atoms with E-state index in [1.165, 1.54) is 22.6 Å². The van der Waals surface area contributed by atoms with Gasteiger partial charge in [0.25, 0.3) is 0 Å². The Morgan fingerprint density at radius 3 is 3.04 bits per heavy atom. The third-order valence-corrected chi connectivity index (χ3v) is 5.82. The first-order chi connectivity index (χ1) is 13.7. The Kier molecular flexibility index (Phi) is 4.16. The molecule has 1 amide bonds. The van der Waals surface area contributed by atoms with Gasteiger partial charge in [-0.3, -0.25) is 4.79 Å². The maximum Gasteiger partial charge on any atom is 0.231 e. The molecule has 2 aliphatic rings. The normalized spacial score (nSPS) is 13.9. The molecular weight excluding hydrogens is 374 g/mol. The van der Waals surface area contributed by atoms with E-state index in [1.807, 2.05) is 25.1 Å². The molecular formula is C21H19N3O3S. The molecule has 6 nitrogen and oxygen atoms in total. The zero-order chi connectivity index (χ0) is 19.1. The number of thiazole rings is 1. The van der Waals surface area contributed by atoms with Crippen LogP contribution in [0.5, 0.6) is 11.5 Å². The molecule has 0 unspecified atom stereocenters. The van der Waals surface area contributed by atoms with Crippen LogP contribution in [0.25, 0.3) is 11.3 Å². The Bertz CT molecular complexity index is 1080. The van der Waals surface area contributed by atoms with Crippen molar-refractivity contribution >= 4 is 28.1 Å². The van der Waals surface area contributed by atoms with Crippen LogP contribution in [0, 0.1) is 6.92 Å². The highest BCUT2D eigenvalue weighted by Gasteiger charge is 2.17. The SMILES string of the molecule is Cc1sc(NC(=O)Cc2ccc3c(c2)OCO3)nc1-c1ccc2c(c1)CCN2. The molecule has 5 rings (SSSR count). The number of hydrogen-bond acceptors (Lipinski definition) is 6. The number of ether oxygens (including phenoxy) is 2. The molecule has 0 radical (unpaired) electrons. The first kappa shape index (κ1) is 17.1. The fourth-order valence-electron chi connectivity index (χ4n) is 3.57. The van der Waals surface area contributed by atoms with Crippen LogP contribution in [0.2, 0.25) is 0 Å².